The van der Waals surface area contributed by atoms with Gasteiger partial charge in [-0.25, -0.2) is 13.8 Å². The van der Waals surface area contributed by atoms with Gasteiger partial charge in [0.1, 0.15) is 5.82 Å². The molecule has 5 rings (SSSR count). The van der Waals surface area contributed by atoms with E-state index in [0.717, 1.165) is 25.9 Å². The Bertz CT molecular complexity index is 1100. The maximum Gasteiger partial charge on any atom is 0.271 e. The summed E-state index contributed by atoms with van der Waals surface area (Å²) in [5.74, 6) is -2.62. The Balaban J connectivity index is 1.35. The van der Waals surface area contributed by atoms with Gasteiger partial charge in [0.2, 0.25) is 5.95 Å². The van der Waals surface area contributed by atoms with Crippen molar-refractivity contribution in [3.8, 4) is 0 Å². The number of piperidine rings is 2. The van der Waals surface area contributed by atoms with Crippen molar-refractivity contribution in [2.75, 3.05) is 41.3 Å². The first-order chi connectivity index (χ1) is 16.2. The summed E-state index contributed by atoms with van der Waals surface area (Å²) >= 11 is 0. The molecule has 1 amide bonds. The van der Waals surface area contributed by atoms with E-state index in [-0.39, 0.29) is 37.6 Å². The number of anilines is 3. The highest BCUT2D eigenvalue weighted by atomic mass is 19.3. The first-order valence-corrected chi connectivity index (χ1v) is 11.5. The van der Waals surface area contributed by atoms with Crippen molar-refractivity contribution >= 4 is 29.0 Å². The number of non-ortho nitro benzene ring substituents is 1. The van der Waals surface area contributed by atoms with Crippen LogP contribution in [-0.4, -0.2) is 52.9 Å². The van der Waals surface area contributed by atoms with Crippen molar-refractivity contribution in [2.24, 2.45) is 5.41 Å². The van der Waals surface area contributed by atoms with Gasteiger partial charge in [0.15, 0.2) is 0 Å². The largest absolute Gasteiger partial charge is 0.371 e. The number of nitrogens with zero attached hydrogens (tertiary/aromatic N) is 5. The molecule has 1 aliphatic carbocycles. The zero-order chi connectivity index (χ0) is 23.9. The Hall–Kier alpha value is -3.37. The molecule has 1 aromatic heterocycles. The normalized spacial score (nSPS) is 20.8. The molecule has 9 nitrogen and oxygen atoms in total. The predicted octanol–water partition coefficient (Wildman–Crippen LogP) is 4.25. The zero-order valence-corrected chi connectivity index (χ0v) is 18.7. The first-order valence-electron chi connectivity index (χ1n) is 11.5. The minimum absolute atomic E-state index is 0.0553. The van der Waals surface area contributed by atoms with E-state index in [9.17, 15) is 23.7 Å². The lowest BCUT2D eigenvalue weighted by molar-refractivity contribution is -0.384. The molecule has 11 heteroatoms. The van der Waals surface area contributed by atoms with E-state index in [2.05, 4.69) is 15.3 Å². The second kappa shape index (κ2) is 8.44. The predicted molar refractivity (Wildman–Crippen MR) is 123 cm³/mol. The second-order valence-electron chi connectivity index (χ2n) is 9.48. The van der Waals surface area contributed by atoms with Gasteiger partial charge >= 0.3 is 0 Å². The SMILES string of the molecule is O=C(Nc1nccc(N2CCC(F)(F)CC2)n1)c1ccc([N+](=O)[O-])cc1N1CCC2(CC1)CC2. The number of nitro groups is 1. The molecule has 0 unspecified atom stereocenters. The fraction of sp³-hybridized carbons (Fsp3) is 0.522. The van der Waals surface area contributed by atoms with Crippen LogP contribution in [0.3, 0.4) is 0 Å². The number of benzene rings is 1. The van der Waals surface area contributed by atoms with Gasteiger partial charge < -0.3 is 9.80 Å². The van der Waals surface area contributed by atoms with E-state index in [4.69, 9.17) is 0 Å². The average Bonchev–Trinajstić information content (AvgIpc) is 3.58. The van der Waals surface area contributed by atoms with Gasteiger partial charge in [-0.05, 0) is 43.2 Å². The molecular weight excluding hydrogens is 446 g/mol. The highest BCUT2D eigenvalue weighted by Gasteiger charge is 2.44. The third-order valence-electron chi connectivity index (χ3n) is 7.24. The van der Waals surface area contributed by atoms with E-state index in [0.29, 0.717) is 22.5 Å². The number of hydrogen-bond donors (Lipinski definition) is 1. The molecule has 0 atom stereocenters. The lowest BCUT2D eigenvalue weighted by Gasteiger charge is -2.34. The van der Waals surface area contributed by atoms with Crippen molar-refractivity contribution in [2.45, 2.75) is 44.4 Å². The fourth-order valence-corrected chi connectivity index (χ4v) is 4.80. The van der Waals surface area contributed by atoms with Gasteiger partial charge in [-0.3, -0.25) is 20.2 Å². The molecule has 1 aromatic carbocycles. The van der Waals surface area contributed by atoms with Gasteiger partial charge in [0.25, 0.3) is 17.5 Å². The van der Waals surface area contributed by atoms with Crippen LogP contribution in [0.4, 0.5) is 31.9 Å². The van der Waals surface area contributed by atoms with Crippen LogP contribution in [-0.2, 0) is 0 Å². The molecule has 34 heavy (non-hydrogen) atoms. The number of carbonyl (C=O) groups is 1. The molecule has 2 aromatic rings. The first kappa shape index (κ1) is 22.4. The number of nitro benzene ring substituents is 1. The maximum absolute atomic E-state index is 13.5. The van der Waals surface area contributed by atoms with Crippen molar-refractivity contribution in [3.05, 3.63) is 46.1 Å². The molecule has 2 saturated heterocycles. The Kier molecular flexibility index (Phi) is 5.57. The summed E-state index contributed by atoms with van der Waals surface area (Å²) in [6, 6.07) is 5.85. The quantitative estimate of drug-likeness (QED) is 0.512. The molecule has 1 saturated carbocycles. The molecule has 180 valence electrons. The standard InChI is InChI=1S/C23H26F2N6O3/c24-23(25)8-13-30(14-9-23)19-3-10-26-21(27-19)28-20(32)17-2-1-16(31(33)34)15-18(17)29-11-6-22(4-5-22)7-12-29/h1-3,10,15H,4-9,11-14H2,(H,26,27,28,32). The summed E-state index contributed by atoms with van der Waals surface area (Å²) in [7, 11) is 0. The number of nitrogens with one attached hydrogen (secondary N) is 1. The molecule has 3 aliphatic rings. The van der Waals surface area contributed by atoms with Crippen LogP contribution >= 0.6 is 0 Å². The summed E-state index contributed by atoms with van der Waals surface area (Å²) < 4.78 is 27.0. The van der Waals surface area contributed by atoms with Crippen molar-refractivity contribution < 1.29 is 18.5 Å². The van der Waals surface area contributed by atoms with Gasteiger partial charge in [0.05, 0.1) is 16.2 Å². The van der Waals surface area contributed by atoms with Crippen molar-refractivity contribution in [1.82, 2.24) is 9.97 Å². The van der Waals surface area contributed by atoms with Crippen LogP contribution in [0.25, 0.3) is 0 Å². The summed E-state index contributed by atoms with van der Waals surface area (Å²) in [5.41, 5.74) is 1.19. The summed E-state index contributed by atoms with van der Waals surface area (Å²) in [4.78, 5) is 36.3. The van der Waals surface area contributed by atoms with E-state index in [1.807, 2.05) is 4.90 Å². The lowest BCUT2D eigenvalue weighted by Crippen LogP contribution is -2.39. The van der Waals surface area contributed by atoms with Gasteiger partial charge in [-0.2, -0.15) is 4.98 Å². The smallest absolute Gasteiger partial charge is 0.271 e. The Morgan fingerprint density at radius 2 is 1.68 bits per heavy atom. The summed E-state index contributed by atoms with van der Waals surface area (Å²) in [6.45, 7) is 1.82. The highest BCUT2D eigenvalue weighted by Crippen LogP contribution is 2.54. The van der Waals surface area contributed by atoms with Crippen molar-refractivity contribution in [1.29, 1.82) is 0 Å². The third kappa shape index (κ3) is 4.64. The van der Waals surface area contributed by atoms with Crippen LogP contribution in [0, 0.1) is 15.5 Å². The van der Waals surface area contributed by atoms with Crippen LogP contribution in [0.15, 0.2) is 30.5 Å². The van der Waals surface area contributed by atoms with Gasteiger partial charge in [-0.1, -0.05) is 0 Å². The van der Waals surface area contributed by atoms with Crippen LogP contribution in [0.5, 0.6) is 0 Å². The van der Waals surface area contributed by atoms with E-state index >= 15 is 0 Å². The van der Waals surface area contributed by atoms with Gasteiger partial charge in [-0.15, -0.1) is 0 Å². The molecule has 3 heterocycles. The molecule has 0 bridgehead atoms. The second-order valence-corrected chi connectivity index (χ2v) is 9.48. The Morgan fingerprint density at radius 3 is 2.32 bits per heavy atom. The molecule has 0 radical (unpaired) electrons. The fourth-order valence-electron chi connectivity index (χ4n) is 4.80. The average molecular weight is 472 g/mol. The summed E-state index contributed by atoms with van der Waals surface area (Å²) in [5, 5.41) is 14.0. The molecule has 2 aliphatic heterocycles. The number of halogens is 2. The Labute approximate surface area is 195 Å². The lowest BCUT2D eigenvalue weighted by atomic mass is 9.93. The Morgan fingerprint density at radius 1 is 1.00 bits per heavy atom. The van der Waals surface area contributed by atoms with Crippen LogP contribution < -0.4 is 15.1 Å². The molecular formula is C23H26F2N6O3. The number of aromatic nitrogens is 2. The minimum atomic E-state index is -2.67. The highest BCUT2D eigenvalue weighted by molar-refractivity contribution is 6.07. The number of hydrogen-bond acceptors (Lipinski definition) is 7. The number of carbonyl (C=O) groups excluding carboxylic acids is 1. The van der Waals surface area contributed by atoms with Crippen LogP contribution in [0.2, 0.25) is 0 Å². The molecule has 1 spiro atoms. The third-order valence-corrected chi connectivity index (χ3v) is 7.24. The topological polar surface area (TPSA) is 104 Å². The van der Waals surface area contributed by atoms with Crippen molar-refractivity contribution in [3.63, 3.8) is 0 Å². The van der Waals surface area contributed by atoms with E-state index in [1.165, 1.54) is 37.2 Å². The minimum Gasteiger partial charge on any atom is -0.371 e. The zero-order valence-electron chi connectivity index (χ0n) is 18.7. The molecule has 1 N–H and O–H groups in total. The van der Waals surface area contributed by atoms with Gasteiger partial charge in [0, 0.05) is 57.4 Å². The maximum atomic E-state index is 13.5. The number of amides is 1. The number of rotatable bonds is 5. The molecule has 3 fully saturated rings. The monoisotopic (exact) mass is 472 g/mol. The summed E-state index contributed by atoms with van der Waals surface area (Å²) in [6.07, 6.45) is 5.45. The van der Waals surface area contributed by atoms with E-state index in [1.54, 1.807) is 11.0 Å². The van der Waals surface area contributed by atoms with Crippen LogP contribution in [0.1, 0.15) is 48.9 Å². The van der Waals surface area contributed by atoms with E-state index < -0.39 is 16.8 Å². The number of alkyl halides is 2.